The maximum Gasteiger partial charge on any atom is 0.410 e. The summed E-state index contributed by atoms with van der Waals surface area (Å²) in [5.74, 6) is 0.747. The smallest absolute Gasteiger partial charge is 0.410 e. The minimum absolute atomic E-state index is 0.139. The molecule has 0 aromatic carbocycles. The van der Waals surface area contributed by atoms with Crippen LogP contribution in [0.4, 0.5) is 4.79 Å². The van der Waals surface area contributed by atoms with Crippen LogP contribution in [-0.2, 0) is 4.74 Å². The highest BCUT2D eigenvalue weighted by atomic mass is 16.6. The lowest BCUT2D eigenvalue weighted by Gasteiger charge is -2.21. The van der Waals surface area contributed by atoms with Gasteiger partial charge in [0.2, 0.25) is 0 Å². The lowest BCUT2D eigenvalue weighted by molar-refractivity contribution is 0.151. The van der Waals surface area contributed by atoms with E-state index in [0.717, 1.165) is 12.3 Å². The van der Waals surface area contributed by atoms with Crippen molar-refractivity contribution in [3.8, 4) is 0 Å². The standard InChI is InChI=1S/C12H19NO2/c1-9(2)4-3-5-10-6-7-11-8-15-12(14)13(10)11/h6-7,9-11H,3-5,8H2,1-2H3/t10-,11+/m0/s1. The minimum Gasteiger partial charge on any atom is -0.447 e. The Bertz CT molecular complexity index is 273. The molecular formula is C12H19NO2. The van der Waals surface area contributed by atoms with E-state index in [1.165, 1.54) is 12.8 Å². The summed E-state index contributed by atoms with van der Waals surface area (Å²) in [6.45, 7) is 5.00. The molecule has 2 aliphatic rings. The Morgan fingerprint density at radius 1 is 1.53 bits per heavy atom. The van der Waals surface area contributed by atoms with Gasteiger partial charge in [0.05, 0.1) is 12.1 Å². The molecule has 84 valence electrons. The van der Waals surface area contributed by atoms with Gasteiger partial charge in [-0.1, -0.05) is 38.8 Å². The molecule has 1 fully saturated rings. The molecule has 0 bridgehead atoms. The molecule has 2 heterocycles. The molecule has 3 nitrogen and oxygen atoms in total. The zero-order valence-corrected chi connectivity index (χ0v) is 9.48. The van der Waals surface area contributed by atoms with E-state index in [1.54, 1.807) is 0 Å². The third-order valence-electron chi connectivity index (χ3n) is 3.14. The molecule has 0 unspecified atom stereocenters. The van der Waals surface area contributed by atoms with E-state index in [4.69, 9.17) is 4.74 Å². The number of nitrogens with zero attached hydrogens (tertiary/aromatic N) is 1. The minimum atomic E-state index is -0.139. The molecule has 0 aromatic rings. The fourth-order valence-corrected chi connectivity index (χ4v) is 2.30. The predicted octanol–water partition coefficient (Wildman–Crippen LogP) is 2.57. The third kappa shape index (κ3) is 2.16. The maximum absolute atomic E-state index is 11.4. The van der Waals surface area contributed by atoms with Crippen LogP contribution in [0.3, 0.4) is 0 Å². The molecule has 2 aliphatic heterocycles. The first-order chi connectivity index (χ1) is 7.18. The van der Waals surface area contributed by atoms with Crippen LogP contribution in [0.5, 0.6) is 0 Å². The van der Waals surface area contributed by atoms with Crippen LogP contribution in [0.1, 0.15) is 33.1 Å². The fourth-order valence-electron chi connectivity index (χ4n) is 2.30. The molecule has 1 saturated heterocycles. The topological polar surface area (TPSA) is 29.5 Å². The van der Waals surface area contributed by atoms with Gasteiger partial charge in [0.25, 0.3) is 0 Å². The van der Waals surface area contributed by atoms with Crippen molar-refractivity contribution in [1.82, 2.24) is 4.90 Å². The second-order valence-corrected chi connectivity index (χ2v) is 4.83. The van der Waals surface area contributed by atoms with Gasteiger partial charge >= 0.3 is 6.09 Å². The van der Waals surface area contributed by atoms with Crippen molar-refractivity contribution in [1.29, 1.82) is 0 Å². The van der Waals surface area contributed by atoms with E-state index in [9.17, 15) is 4.79 Å². The first-order valence-electron chi connectivity index (χ1n) is 5.82. The molecular weight excluding hydrogens is 190 g/mol. The summed E-state index contributed by atoms with van der Waals surface area (Å²) >= 11 is 0. The van der Waals surface area contributed by atoms with Crippen molar-refractivity contribution in [2.75, 3.05) is 6.61 Å². The van der Waals surface area contributed by atoms with E-state index in [0.29, 0.717) is 6.61 Å². The summed E-state index contributed by atoms with van der Waals surface area (Å²) in [4.78, 5) is 13.3. The number of hydrogen-bond donors (Lipinski definition) is 0. The Morgan fingerprint density at radius 2 is 2.33 bits per heavy atom. The van der Waals surface area contributed by atoms with E-state index >= 15 is 0 Å². The molecule has 0 aromatic heterocycles. The molecule has 0 radical (unpaired) electrons. The Morgan fingerprint density at radius 3 is 3.07 bits per heavy atom. The second kappa shape index (κ2) is 4.25. The Hall–Kier alpha value is -0.990. The molecule has 15 heavy (non-hydrogen) atoms. The van der Waals surface area contributed by atoms with Crippen molar-refractivity contribution in [2.45, 2.75) is 45.2 Å². The molecule has 0 saturated carbocycles. The molecule has 0 N–H and O–H groups in total. The molecule has 1 amide bonds. The number of carbonyl (C=O) groups is 1. The summed E-state index contributed by atoms with van der Waals surface area (Å²) in [6, 6.07) is 0.491. The zero-order chi connectivity index (χ0) is 10.8. The quantitative estimate of drug-likeness (QED) is 0.666. The van der Waals surface area contributed by atoms with Crippen molar-refractivity contribution in [3.05, 3.63) is 12.2 Å². The van der Waals surface area contributed by atoms with E-state index in [2.05, 4.69) is 26.0 Å². The summed E-state index contributed by atoms with van der Waals surface area (Å²) < 4.78 is 5.01. The molecule has 2 rings (SSSR count). The van der Waals surface area contributed by atoms with Crippen LogP contribution in [-0.4, -0.2) is 29.7 Å². The second-order valence-electron chi connectivity index (χ2n) is 4.83. The van der Waals surface area contributed by atoms with Crippen LogP contribution in [0.2, 0.25) is 0 Å². The number of amides is 1. The van der Waals surface area contributed by atoms with Crippen LogP contribution < -0.4 is 0 Å². The Kier molecular flexibility index (Phi) is 2.98. The van der Waals surface area contributed by atoms with Crippen molar-refractivity contribution in [3.63, 3.8) is 0 Å². The zero-order valence-electron chi connectivity index (χ0n) is 9.48. The van der Waals surface area contributed by atoms with Gasteiger partial charge < -0.3 is 4.74 Å². The van der Waals surface area contributed by atoms with E-state index in [1.807, 2.05) is 4.90 Å². The highest BCUT2D eigenvalue weighted by molar-refractivity contribution is 5.72. The van der Waals surface area contributed by atoms with Crippen LogP contribution in [0.25, 0.3) is 0 Å². The number of fused-ring (bicyclic) bond motifs is 1. The monoisotopic (exact) mass is 209 g/mol. The average molecular weight is 209 g/mol. The van der Waals surface area contributed by atoms with E-state index < -0.39 is 0 Å². The number of carbonyl (C=O) groups excluding carboxylic acids is 1. The van der Waals surface area contributed by atoms with Crippen molar-refractivity contribution >= 4 is 6.09 Å². The van der Waals surface area contributed by atoms with Gasteiger partial charge in [-0.25, -0.2) is 4.79 Å². The molecule has 0 spiro atoms. The SMILES string of the molecule is CC(C)CCC[C@H]1C=C[C@@H]2COC(=O)N12. The molecule has 2 atom stereocenters. The van der Waals surface area contributed by atoms with Crippen molar-refractivity contribution in [2.24, 2.45) is 5.92 Å². The number of cyclic esters (lactones) is 1. The summed E-state index contributed by atoms with van der Waals surface area (Å²) in [7, 11) is 0. The average Bonchev–Trinajstić information content (AvgIpc) is 2.71. The molecule has 0 aliphatic carbocycles. The van der Waals surface area contributed by atoms with Gasteiger partial charge in [-0.3, -0.25) is 4.90 Å². The summed E-state index contributed by atoms with van der Waals surface area (Å²) in [6.07, 6.45) is 7.61. The Balaban J connectivity index is 1.83. The highest BCUT2D eigenvalue weighted by Gasteiger charge is 2.39. The summed E-state index contributed by atoms with van der Waals surface area (Å²) in [5.41, 5.74) is 0. The third-order valence-corrected chi connectivity index (χ3v) is 3.14. The van der Waals surface area contributed by atoms with Gasteiger partial charge in [0.1, 0.15) is 6.61 Å². The lowest BCUT2D eigenvalue weighted by Crippen LogP contribution is -2.35. The number of rotatable bonds is 4. The fraction of sp³-hybridized carbons (Fsp3) is 0.750. The number of hydrogen-bond acceptors (Lipinski definition) is 2. The van der Waals surface area contributed by atoms with E-state index in [-0.39, 0.29) is 18.2 Å². The Labute approximate surface area is 91.1 Å². The normalized spacial score (nSPS) is 28.7. The van der Waals surface area contributed by atoms with Crippen LogP contribution in [0, 0.1) is 5.92 Å². The summed E-state index contributed by atoms with van der Waals surface area (Å²) in [5, 5.41) is 0. The largest absolute Gasteiger partial charge is 0.447 e. The van der Waals surface area contributed by atoms with Gasteiger partial charge in [0, 0.05) is 0 Å². The first-order valence-corrected chi connectivity index (χ1v) is 5.82. The molecule has 3 heteroatoms. The van der Waals surface area contributed by atoms with Gasteiger partial charge in [-0.15, -0.1) is 0 Å². The van der Waals surface area contributed by atoms with Gasteiger partial charge in [0.15, 0.2) is 0 Å². The van der Waals surface area contributed by atoms with Crippen molar-refractivity contribution < 1.29 is 9.53 Å². The van der Waals surface area contributed by atoms with Crippen LogP contribution >= 0.6 is 0 Å². The predicted molar refractivity (Wildman–Crippen MR) is 58.6 cm³/mol. The maximum atomic E-state index is 11.4. The van der Waals surface area contributed by atoms with Gasteiger partial charge in [-0.2, -0.15) is 0 Å². The van der Waals surface area contributed by atoms with Gasteiger partial charge in [-0.05, 0) is 12.3 Å². The van der Waals surface area contributed by atoms with Crippen LogP contribution in [0.15, 0.2) is 12.2 Å². The highest BCUT2D eigenvalue weighted by Crippen LogP contribution is 2.27. The first kappa shape index (κ1) is 10.5. The number of ether oxygens (including phenoxy) is 1. The lowest BCUT2D eigenvalue weighted by atomic mass is 10.0.